The highest BCUT2D eigenvalue weighted by atomic mass is 32.2. The number of nitrogens with zero attached hydrogens (tertiary/aromatic N) is 3. The zero-order valence-electron chi connectivity index (χ0n) is 12.5. The van der Waals surface area contributed by atoms with Gasteiger partial charge in [0, 0.05) is 25.6 Å². The molecule has 0 radical (unpaired) electrons. The average molecular weight is 337 g/mol. The summed E-state index contributed by atoms with van der Waals surface area (Å²) in [7, 11) is 1.75. The fourth-order valence-corrected chi connectivity index (χ4v) is 2.55. The highest BCUT2D eigenvalue weighted by molar-refractivity contribution is 7.99. The first-order valence-corrected chi connectivity index (χ1v) is 7.79. The molecule has 9 heteroatoms. The number of hydrogen-bond donors (Lipinski definition) is 2. The number of carbonyl (C=O) groups is 2. The Bertz CT molecular complexity index is 719. The number of thioether (sulfide) groups is 1. The molecule has 0 spiro atoms. The second-order valence-electron chi connectivity index (χ2n) is 4.77. The molecule has 1 heterocycles. The van der Waals surface area contributed by atoms with Crippen LogP contribution in [0.1, 0.15) is 12.2 Å². The lowest BCUT2D eigenvalue weighted by atomic mass is 10.3. The number of rotatable bonds is 7. The van der Waals surface area contributed by atoms with E-state index < -0.39 is 11.7 Å². The molecule has 0 saturated heterocycles. The van der Waals surface area contributed by atoms with Crippen LogP contribution in [-0.4, -0.2) is 32.3 Å². The number of benzene rings is 1. The number of anilines is 1. The normalized spacial score (nSPS) is 10.5. The Morgan fingerprint density at radius 3 is 2.87 bits per heavy atom. The van der Waals surface area contributed by atoms with Crippen molar-refractivity contribution in [1.29, 1.82) is 0 Å². The number of carbonyl (C=O) groups excluding carboxylic acids is 2. The molecule has 0 fully saturated rings. The summed E-state index contributed by atoms with van der Waals surface area (Å²) in [5.74, 6) is -0.364. The van der Waals surface area contributed by atoms with Crippen LogP contribution in [-0.2, 0) is 23.1 Å². The summed E-state index contributed by atoms with van der Waals surface area (Å²) in [4.78, 5) is 22.6. The van der Waals surface area contributed by atoms with E-state index >= 15 is 0 Å². The Balaban J connectivity index is 1.88. The highest BCUT2D eigenvalue weighted by Crippen LogP contribution is 2.17. The highest BCUT2D eigenvalue weighted by Gasteiger charge is 2.12. The molecule has 3 N–H and O–H groups in total. The maximum absolute atomic E-state index is 13.0. The van der Waals surface area contributed by atoms with Crippen LogP contribution in [0.2, 0.25) is 0 Å². The molecule has 2 rings (SSSR count). The van der Waals surface area contributed by atoms with Crippen molar-refractivity contribution in [2.45, 2.75) is 18.0 Å². The largest absolute Gasteiger partial charge is 0.370 e. The first-order valence-electron chi connectivity index (χ1n) is 6.80. The van der Waals surface area contributed by atoms with Gasteiger partial charge in [0.15, 0.2) is 5.16 Å². The number of aromatic nitrogens is 3. The Morgan fingerprint density at radius 1 is 1.39 bits per heavy atom. The van der Waals surface area contributed by atoms with Gasteiger partial charge in [-0.15, -0.1) is 10.2 Å². The number of primary amides is 1. The molecule has 23 heavy (non-hydrogen) atoms. The van der Waals surface area contributed by atoms with Crippen LogP contribution in [0.3, 0.4) is 0 Å². The molecule has 0 unspecified atom stereocenters. The molecule has 0 aliphatic heterocycles. The number of aryl methyl sites for hydroxylation is 1. The van der Waals surface area contributed by atoms with Crippen molar-refractivity contribution in [3.63, 3.8) is 0 Å². The van der Waals surface area contributed by atoms with Crippen molar-refractivity contribution in [2.24, 2.45) is 12.8 Å². The minimum Gasteiger partial charge on any atom is -0.370 e. The van der Waals surface area contributed by atoms with Crippen molar-refractivity contribution < 1.29 is 14.0 Å². The Kier molecular flexibility index (Phi) is 5.69. The molecule has 0 atom stereocenters. The van der Waals surface area contributed by atoms with Gasteiger partial charge in [-0.2, -0.15) is 0 Å². The molecule has 1 aromatic heterocycles. The van der Waals surface area contributed by atoms with Gasteiger partial charge in [0.25, 0.3) is 0 Å². The minimum atomic E-state index is -0.414. The van der Waals surface area contributed by atoms with E-state index in [1.54, 1.807) is 17.7 Å². The Morgan fingerprint density at radius 2 is 2.17 bits per heavy atom. The van der Waals surface area contributed by atoms with E-state index in [9.17, 15) is 14.0 Å². The van der Waals surface area contributed by atoms with Gasteiger partial charge >= 0.3 is 0 Å². The second-order valence-corrected chi connectivity index (χ2v) is 5.71. The summed E-state index contributed by atoms with van der Waals surface area (Å²) >= 11 is 1.20. The molecule has 0 saturated carbocycles. The lowest BCUT2D eigenvalue weighted by molar-refractivity contribution is -0.118. The summed E-state index contributed by atoms with van der Waals surface area (Å²) in [6, 6.07) is 5.67. The Labute approximate surface area is 136 Å². The van der Waals surface area contributed by atoms with E-state index in [0.29, 0.717) is 23.1 Å². The first-order chi connectivity index (χ1) is 11.0. The quantitative estimate of drug-likeness (QED) is 0.737. The van der Waals surface area contributed by atoms with Gasteiger partial charge in [0.05, 0.1) is 5.75 Å². The molecule has 2 amide bonds. The average Bonchev–Trinajstić information content (AvgIpc) is 2.83. The van der Waals surface area contributed by atoms with Crippen molar-refractivity contribution in [1.82, 2.24) is 14.8 Å². The number of halogens is 1. The minimum absolute atomic E-state index is 0.109. The van der Waals surface area contributed by atoms with Crippen LogP contribution >= 0.6 is 11.8 Å². The van der Waals surface area contributed by atoms with Crippen LogP contribution in [0.25, 0.3) is 0 Å². The van der Waals surface area contributed by atoms with E-state index in [0.717, 1.165) is 0 Å². The number of nitrogens with one attached hydrogen (secondary N) is 1. The van der Waals surface area contributed by atoms with Gasteiger partial charge in [0.1, 0.15) is 11.6 Å². The molecule has 2 aromatic rings. The van der Waals surface area contributed by atoms with E-state index in [-0.39, 0.29) is 18.1 Å². The molecule has 0 aliphatic carbocycles. The summed E-state index contributed by atoms with van der Waals surface area (Å²) in [6.45, 7) is 0. The van der Waals surface area contributed by atoms with Crippen molar-refractivity contribution in [3.8, 4) is 0 Å². The van der Waals surface area contributed by atoms with Gasteiger partial charge in [-0.3, -0.25) is 9.59 Å². The fourth-order valence-electron chi connectivity index (χ4n) is 1.82. The predicted molar refractivity (Wildman–Crippen MR) is 84.3 cm³/mol. The maximum Gasteiger partial charge on any atom is 0.234 e. The van der Waals surface area contributed by atoms with E-state index in [1.807, 2.05) is 0 Å². The third kappa shape index (κ3) is 5.06. The Hall–Kier alpha value is -2.42. The van der Waals surface area contributed by atoms with Gasteiger partial charge < -0.3 is 15.6 Å². The standard InChI is InChI=1S/C14H16FN5O2S/c1-20-12(6-5-11(16)21)18-19-14(20)23-8-13(22)17-10-4-2-3-9(15)7-10/h2-4,7H,5-6,8H2,1H3,(H2,16,21)(H,17,22). The van der Waals surface area contributed by atoms with Crippen molar-refractivity contribution >= 4 is 29.3 Å². The molecule has 7 nitrogen and oxygen atoms in total. The van der Waals surface area contributed by atoms with Crippen LogP contribution < -0.4 is 11.1 Å². The summed E-state index contributed by atoms with van der Waals surface area (Å²) in [5.41, 5.74) is 5.50. The SMILES string of the molecule is Cn1c(CCC(N)=O)nnc1SCC(=O)Nc1cccc(F)c1. The fraction of sp³-hybridized carbons (Fsp3) is 0.286. The van der Waals surface area contributed by atoms with Crippen LogP contribution in [0.5, 0.6) is 0 Å². The van der Waals surface area contributed by atoms with Gasteiger partial charge in [-0.05, 0) is 18.2 Å². The predicted octanol–water partition coefficient (Wildman–Crippen LogP) is 1.10. The van der Waals surface area contributed by atoms with E-state index in [4.69, 9.17) is 5.73 Å². The smallest absolute Gasteiger partial charge is 0.234 e. The molecular weight excluding hydrogens is 321 g/mol. The summed E-state index contributed by atoms with van der Waals surface area (Å²) < 4.78 is 14.8. The topological polar surface area (TPSA) is 103 Å². The molecular formula is C14H16FN5O2S. The zero-order valence-corrected chi connectivity index (χ0v) is 13.3. The first kappa shape index (κ1) is 16.9. The third-order valence-corrected chi connectivity index (χ3v) is 3.98. The van der Waals surface area contributed by atoms with E-state index in [2.05, 4.69) is 15.5 Å². The number of amides is 2. The summed E-state index contributed by atoms with van der Waals surface area (Å²) in [6.07, 6.45) is 0.589. The van der Waals surface area contributed by atoms with Gasteiger partial charge in [-0.25, -0.2) is 4.39 Å². The van der Waals surface area contributed by atoms with Crippen molar-refractivity contribution in [3.05, 3.63) is 35.9 Å². The number of nitrogens with two attached hydrogens (primary N) is 1. The molecule has 0 aliphatic rings. The number of hydrogen-bond acceptors (Lipinski definition) is 5. The van der Waals surface area contributed by atoms with Gasteiger partial charge in [0.2, 0.25) is 11.8 Å². The van der Waals surface area contributed by atoms with Gasteiger partial charge in [-0.1, -0.05) is 17.8 Å². The van der Waals surface area contributed by atoms with Crippen LogP contribution in [0, 0.1) is 5.82 Å². The lowest BCUT2D eigenvalue weighted by Crippen LogP contribution is -2.15. The monoisotopic (exact) mass is 337 g/mol. The second kappa shape index (κ2) is 7.73. The van der Waals surface area contributed by atoms with E-state index in [1.165, 1.54) is 30.0 Å². The molecule has 0 bridgehead atoms. The summed E-state index contributed by atoms with van der Waals surface area (Å²) in [5, 5.41) is 11.1. The van der Waals surface area contributed by atoms with Crippen LogP contribution in [0.15, 0.2) is 29.4 Å². The zero-order chi connectivity index (χ0) is 16.8. The molecule has 1 aromatic carbocycles. The lowest BCUT2D eigenvalue weighted by Gasteiger charge is -2.05. The maximum atomic E-state index is 13.0. The molecule has 122 valence electrons. The van der Waals surface area contributed by atoms with Crippen molar-refractivity contribution in [2.75, 3.05) is 11.1 Å². The van der Waals surface area contributed by atoms with Crippen LogP contribution in [0.4, 0.5) is 10.1 Å². The third-order valence-electron chi connectivity index (χ3n) is 2.96.